The van der Waals surface area contributed by atoms with Crippen molar-refractivity contribution in [2.75, 3.05) is 7.05 Å². The molecule has 0 amide bonds. The van der Waals surface area contributed by atoms with Crippen LogP contribution < -0.4 is 5.32 Å². The van der Waals surface area contributed by atoms with Gasteiger partial charge in [0, 0.05) is 11.6 Å². The normalized spacial score (nSPS) is 12.8. The Morgan fingerprint density at radius 3 is 2.00 bits per heavy atom. The summed E-state index contributed by atoms with van der Waals surface area (Å²) in [6.45, 7) is 6.38. The lowest BCUT2D eigenvalue weighted by molar-refractivity contribution is 0.469. The molecule has 1 heterocycles. The van der Waals surface area contributed by atoms with Gasteiger partial charge in [-0.25, -0.2) is 0 Å². The van der Waals surface area contributed by atoms with Crippen LogP contribution in [0.2, 0.25) is 0 Å². The second-order valence-corrected chi connectivity index (χ2v) is 6.33. The second kappa shape index (κ2) is 10.9. The fourth-order valence-electron chi connectivity index (χ4n) is 3.11. The Hall–Kier alpha value is -0.760. The Kier molecular flexibility index (Phi) is 9.49. The highest BCUT2D eigenvalue weighted by Crippen LogP contribution is 2.25. The van der Waals surface area contributed by atoms with Gasteiger partial charge in [-0.2, -0.15) is 0 Å². The molecule has 1 N–H and O–H groups in total. The number of aryl methyl sites for hydroxylation is 2. The fourth-order valence-corrected chi connectivity index (χ4v) is 3.11. The molecule has 21 heavy (non-hydrogen) atoms. The van der Waals surface area contributed by atoms with Crippen LogP contribution >= 0.6 is 0 Å². The lowest BCUT2D eigenvalue weighted by atomic mass is 9.99. The third-order valence-electron chi connectivity index (χ3n) is 4.40. The third-order valence-corrected chi connectivity index (χ3v) is 4.40. The third kappa shape index (κ3) is 7.17. The van der Waals surface area contributed by atoms with Gasteiger partial charge in [-0.3, -0.25) is 0 Å². The molecular weight excluding hydrogens is 258 g/mol. The van der Waals surface area contributed by atoms with E-state index in [4.69, 9.17) is 4.42 Å². The van der Waals surface area contributed by atoms with Crippen LogP contribution in [0.3, 0.4) is 0 Å². The van der Waals surface area contributed by atoms with Crippen LogP contribution in [-0.4, -0.2) is 7.05 Å². The summed E-state index contributed by atoms with van der Waals surface area (Å²) >= 11 is 0. The van der Waals surface area contributed by atoms with Crippen molar-refractivity contribution in [2.24, 2.45) is 0 Å². The quantitative estimate of drug-likeness (QED) is 0.472. The highest BCUT2D eigenvalue weighted by Gasteiger charge is 2.14. The maximum absolute atomic E-state index is 5.65. The summed E-state index contributed by atoms with van der Waals surface area (Å²) in [4.78, 5) is 0. The van der Waals surface area contributed by atoms with Crippen LogP contribution in [0.5, 0.6) is 0 Å². The van der Waals surface area contributed by atoms with Crippen molar-refractivity contribution in [3.63, 3.8) is 0 Å². The van der Waals surface area contributed by atoms with Crippen molar-refractivity contribution in [2.45, 2.75) is 91.0 Å². The van der Waals surface area contributed by atoms with E-state index in [1.165, 1.54) is 69.8 Å². The molecule has 1 atom stereocenters. The van der Waals surface area contributed by atoms with E-state index in [2.05, 4.69) is 32.3 Å². The summed E-state index contributed by atoms with van der Waals surface area (Å²) in [5.41, 5.74) is 1.34. The first-order valence-corrected chi connectivity index (χ1v) is 8.93. The Labute approximate surface area is 131 Å². The molecule has 0 aliphatic carbocycles. The molecule has 1 aromatic heterocycles. The molecule has 0 aliphatic rings. The van der Waals surface area contributed by atoms with Crippen molar-refractivity contribution in [1.82, 2.24) is 5.32 Å². The van der Waals surface area contributed by atoms with E-state index < -0.39 is 0 Å². The van der Waals surface area contributed by atoms with Crippen LogP contribution in [0, 0.1) is 13.8 Å². The Morgan fingerprint density at radius 2 is 1.52 bits per heavy atom. The van der Waals surface area contributed by atoms with Gasteiger partial charge in [-0.1, -0.05) is 64.7 Å². The minimum Gasteiger partial charge on any atom is -0.466 e. The van der Waals surface area contributed by atoms with Gasteiger partial charge in [0.15, 0.2) is 0 Å². The van der Waals surface area contributed by atoms with E-state index in [1.54, 1.807) is 0 Å². The molecule has 0 fully saturated rings. The van der Waals surface area contributed by atoms with Crippen molar-refractivity contribution in [1.29, 1.82) is 0 Å². The average molecular weight is 293 g/mol. The van der Waals surface area contributed by atoms with Crippen LogP contribution in [0.1, 0.15) is 94.3 Å². The highest BCUT2D eigenvalue weighted by atomic mass is 16.3. The van der Waals surface area contributed by atoms with E-state index in [1.807, 2.05) is 6.92 Å². The van der Waals surface area contributed by atoms with Crippen molar-refractivity contribution >= 4 is 0 Å². The molecule has 0 spiro atoms. The SMILES string of the molecule is CCCCCCCCCCCC(NC)c1cc(C)oc1C. The van der Waals surface area contributed by atoms with Gasteiger partial charge in [0.05, 0.1) is 0 Å². The standard InChI is InChI=1S/C19H35NO/c1-5-6-7-8-9-10-11-12-13-14-19(20-4)18-15-16(2)21-17(18)3/h15,19-20H,5-14H2,1-4H3. The van der Waals surface area contributed by atoms with Gasteiger partial charge < -0.3 is 9.73 Å². The lowest BCUT2D eigenvalue weighted by Crippen LogP contribution is -2.16. The number of nitrogens with one attached hydrogen (secondary N) is 1. The van der Waals surface area contributed by atoms with Gasteiger partial charge in [-0.15, -0.1) is 0 Å². The van der Waals surface area contributed by atoms with Crippen molar-refractivity contribution in [3.8, 4) is 0 Å². The van der Waals surface area contributed by atoms with Gasteiger partial charge in [-0.05, 0) is 33.4 Å². The molecule has 1 aromatic rings. The minimum absolute atomic E-state index is 0.451. The average Bonchev–Trinajstić information content (AvgIpc) is 2.80. The van der Waals surface area contributed by atoms with Crippen LogP contribution in [-0.2, 0) is 0 Å². The van der Waals surface area contributed by atoms with E-state index in [-0.39, 0.29) is 0 Å². The van der Waals surface area contributed by atoms with Gasteiger partial charge in [0.25, 0.3) is 0 Å². The monoisotopic (exact) mass is 293 g/mol. The Bertz CT molecular complexity index is 370. The number of hydrogen-bond donors (Lipinski definition) is 1. The molecule has 1 unspecified atom stereocenters. The Morgan fingerprint density at radius 1 is 0.952 bits per heavy atom. The van der Waals surface area contributed by atoms with Crippen molar-refractivity contribution < 1.29 is 4.42 Å². The molecule has 0 aromatic carbocycles. The molecule has 0 saturated carbocycles. The topological polar surface area (TPSA) is 25.2 Å². The molecule has 1 rings (SSSR count). The molecule has 0 aliphatic heterocycles. The minimum atomic E-state index is 0.451. The summed E-state index contributed by atoms with van der Waals surface area (Å²) in [5.74, 6) is 2.10. The molecular formula is C19H35NO. The van der Waals surface area contributed by atoms with Gasteiger partial charge >= 0.3 is 0 Å². The summed E-state index contributed by atoms with van der Waals surface area (Å²) in [6, 6.07) is 2.64. The second-order valence-electron chi connectivity index (χ2n) is 6.33. The van der Waals surface area contributed by atoms with Crippen LogP contribution in [0.4, 0.5) is 0 Å². The first-order valence-electron chi connectivity index (χ1n) is 8.93. The predicted octanol–water partition coefficient (Wildman–Crippen LogP) is 6.08. The van der Waals surface area contributed by atoms with Gasteiger partial charge in [0.1, 0.15) is 11.5 Å². The zero-order valence-corrected chi connectivity index (χ0v) is 14.6. The van der Waals surface area contributed by atoms with E-state index >= 15 is 0 Å². The van der Waals surface area contributed by atoms with Crippen LogP contribution in [0.25, 0.3) is 0 Å². The molecule has 0 bridgehead atoms. The zero-order valence-electron chi connectivity index (χ0n) is 14.6. The largest absolute Gasteiger partial charge is 0.466 e. The maximum atomic E-state index is 5.65. The number of furan rings is 1. The van der Waals surface area contributed by atoms with E-state index in [0.717, 1.165) is 11.5 Å². The fraction of sp³-hybridized carbons (Fsp3) is 0.789. The first-order chi connectivity index (χ1) is 10.2. The highest BCUT2D eigenvalue weighted by molar-refractivity contribution is 5.23. The maximum Gasteiger partial charge on any atom is 0.105 e. The van der Waals surface area contributed by atoms with Gasteiger partial charge in [0.2, 0.25) is 0 Å². The lowest BCUT2D eigenvalue weighted by Gasteiger charge is -2.15. The summed E-state index contributed by atoms with van der Waals surface area (Å²) in [6.07, 6.45) is 13.7. The first kappa shape index (κ1) is 18.3. The molecule has 2 heteroatoms. The molecule has 0 saturated heterocycles. The molecule has 2 nitrogen and oxygen atoms in total. The zero-order chi connectivity index (χ0) is 15.5. The summed E-state index contributed by atoms with van der Waals surface area (Å²) < 4.78 is 5.65. The summed E-state index contributed by atoms with van der Waals surface area (Å²) in [5, 5.41) is 3.44. The predicted molar refractivity (Wildman–Crippen MR) is 91.8 cm³/mol. The van der Waals surface area contributed by atoms with E-state index in [0.29, 0.717) is 6.04 Å². The van der Waals surface area contributed by atoms with Crippen LogP contribution in [0.15, 0.2) is 10.5 Å². The number of rotatable bonds is 12. The number of hydrogen-bond acceptors (Lipinski definition) is 2. The van der Waals surface area contributed by atoms with E-state index in [9.17, 15) is 0 Å². The smallest absolute Gasteiger partial charge is 0.105 e. The Balaban J connectivity index is 2.12. The number of unbranched alkanes of at least 4 members (excludes halogenated alkanes) is 8. The van der Waals surface area contributed by atoms with Crippen molar-refractivity contribution in [3.05, 3.63) is 23.2 Å². The molecule has 0 radical (unpaired) electrons. The molecule has 122 valence electrons. The summed E-state index contributed by atoms with van der Waals surface area (Å²) in [7, 11) is 2.06.